The van der Waals surface area contributed by atoms with E-state index in [1.807, 2.05) is 0 Å². The number of rotatable bonds is 6. The zero-order chi connectivity index (χ0) is 9.52. The predicted molar refractivity (Wildman–Crippen MR) is 51.6 cm³/mol. The van der Waals surface area contributed by atoms with Gasteiger partial charge in [-0.15, -0.1) is 0 Å². The van der Waals surface area contributed by atoms with Crippen LogP contribution in [0, 0.1) is 0 Å². The number of aliphatic hydroxyl groups is 2. The standard InChI is InChI=1S/C9H20N2O2/c12-6-4-11(5-7-13)8-9-2-1-3-10-9/h9-10,12-13H,1-8H2. The lowest BCUT2D eigenvalue weighted by atomic mass is 10.2. The monoisotopic (exact) mass is 188 g/mol. The van der Waals surface area contributed by atoms with Crippen LogP contribution in [0.15, 0.2) is 0 Å². The molecule has 1 saturated heterocycles. The smallest absolute Gasteiger partial charge is 0.0558 e. The molecule has 1 heterocycles. The molecule has 1 aliphatic rings. The number of nitrogens with one attached hydrogen (secondary N) is 1. The van der Waals surface area contributed by atoms with Crippen molar-refractivity contribution >= 4 is 0 Å². The molecule has 1 rings (SSSR count). The highest BCUT2D eigenvalue weighted by Crippen LogP contribution is 2.06. The Morgan fingerprint density at radius 2 is 1.92 bits per heavy atom. The molecule has 1 fully saturated rings. The van der Waals surface area contributed by atoms with E-state index in [9.17, 15) is 0 Å². The van der Waals surface area contributed by atoms with Crippen LogP contribution in [-0.2, 0) is 0 Å². The van der Waals surface area contributed by atoms with Gasteiger partial charge in [-0.1, -0.05) is 0 Å². The van der Waals surface area contributed by atoms with E-state index in [1.54, 1.807) is 0 Å². The first kappa shape index (κ1) is 10.9. The van der Waals surface area contributed by atoms with Gasteiger partial charge in [-0.2, -0.15) is 0 Å². The molecule has 3 N–H and O–H groups in total. The zero-order valence-corrected chi connectivity index (χ0v) is 8.08. The fourth-order valence-corrected chi connectivity index (χ4v) is 1.80. The molecule has 13 heavy (non-hydrogen) atoms. The lowest BCUT2D eigenvalue weighted by molar-refractivity contribution is 0.152. The Hall–Kier alpha value is -0.160. The number of hydrogen-bond acceptors (Lipinski definition) is 4. The molecule has 0 aromatic carbocycles. The molecule has 1 aliphatic heterocycles. The van der Waals surface area contributed by atoms with Crippen molar-refractivity contribution in [2.24, 2.45) is 0 Å². The molecule has 0 radical (unpaired) electrons. The fourth-order valence-electron chi connectivity index (χ4n) is 1.80. The van der Waals surface area contributed by atoms with Gasteiger partial charge in [-0.25, -0.2) is 0 Å². The van der Waals surface area contributed by atoms with Crippen molar-refractivity contribution in [1.82, 2.24) is 10.2 Å². The Balaban J connectivity index is 2.19. The first-order chi connectivity index (χ1) is 6.36. The Kier molecular flexibility index (Phi) is 5.31. The topological polar surface area (TPSA) is 55.7 Å². The SMILES string of the molecule is OCCN(CCO)CC1CCCN1. The normalized spacial score (nSPS) is 22.8. The van der Waals surface area contributed by atoms with E-state index in [4.69, 9.17) is 10.2 Å². The summed E-state index contributed by atoms with van der Waals surface area (Å²) in [7, 11) is 0. The van der Waals surface area contributed by atoms with E-state index in [2.05, 4.69) is 10.2 Å². The average Bonchev–Trinajstić information content (AvgIpc) is 2.58. The van der Waals surface area contributed by atoms with Crippen molar-refractivity contribution in [2.75, 3.05) is 39.4 Å². The van der Waals surface area contributed by atoms with Gasteiger partial charge in [-0.3, -0.25) is 4.90 Å². The van der Waals surface area contributed by atoms with Crippen LogP contribution in [0.1, 0.15) is 12.8 Å². The molecule has 78 valence electrons. The maximum atomic E-state index is 8.79. The molecule has 0 bridgehead atoms. The minimum Gasteiger partial charge on any atom is -0.395 e. The second kappa shape index (κ2) is 6.32. The van der Waals surface area contributed by atoms with Crippen LogP contribution in [-0.4, -0.2) is 60.5 Å². The van der Waals surface area contributed by atoms with Crippen LogP contribution in [0.3, 0.4) is 0 Å². The Labute approximate surface area is 79.6 Å². The molecule has 0 aromatic heterocycles. The highest BCUT2D eigenvalue weighted by Gasteiger charge is 2.16. The summed E-state index contributed by atoms with van der Waals surface area (Å²) in [5.41, 5.74) is 0. The fraction of sp³-hybridized carbons (Fsp3) is 1.00. The molecular formula is C9H20N2O2. The molecule has 0 aromatic rings. The van der Waals surface area contributed by atoms with Crippen molar-refractivity contribution in [3.05, 3.63) is 0 Å². The van der Waals surface area contributed by atoms with Crippen molar-refractivity contribution in [1.29, 1.82) is 0 Å². The highest BCUT2D eigenvalue weighted by atomic mass is 16.3. The van der Waals surface area contributed by atoms with E-state index in [0.717, 1.165) is 13.1 Å². The Morgan fingerprint density at radius 1 is 1.23 bits per heavy atom. The van der Waals surface area contributed by atoms with Crippen LogP contribution in [0.4, 0.5) is 0 Å². The third-order valence-corrected chi connectivity index (χ3v) is 2.47. The molecule has 0 spiro atoms. The van der Waals surface area contributed by atoms with Gasteiger partial charge < -0.3 is 15.5 Å². The summed E-state index contributed by atoms with van der Waals surface area (Å²) < 4.78 is 0. The van der Waals surface area contributed by atoms with Gasteiger partial charge >= 0.3 is 0 Å². The van der Waals surface area contributed by atoms with Crippen molar-refractivity contribution in [3.8, 4) is 0 Å². The van der Waals surface area contributed by atoms with Gasteiger partial charge in [0.2, 0.25) is 0 Å². The van der Waals surface area contributed by atoms with Crippen LogP contribution >= 0.6 is 0 Å². The van der Waals surface area contributed by atoms with Gasteiger partial charge in [-0.05, 0) is 19.4 Å². The number of nitrogens with zero attached hydrogens (tertiary/aromatic N) is 1. The van der Waals surface area contributed by atoms with Gasteiger partial charge in [0.1, 0.15) is 0 Å². The third kappa shape index (κ3) is 4.04. The second-order valence-electron chi connectivity index (χ2n) is 3.54. The minimum atomic E-state index is 0.173. The molecule has 1 unspecified atom stereocenters. The largest absolute Gasteiger partial charge is 0.395 e. The summed E-state index contributed by atoms with van der Waals surface area (Å²) in [6, 6.07) is 0.554. The van der Waals surface area contributed by atoms with Crippen molar-refractivity contribution in [2.45, 2.75) is 18.9 Å². The molecular weight excluding hydrogens is 168 g/mol. The summed E-state index contributed by atoms with van der Waals surface area (Å²) in [5, 5.41) is 21.0. The first-order valence-electron chi connectivity index (χ1n) is 5.04. The quantitative estimate of drug-likeness (QED) is 0.502. The second-order valence-corrected chi connectivity index (χ2v) is 3.54. The van der Waals surface area contributed by atoms with Crippen LogP contribution in [0.25, 0.3) is 0 Å². The van der Waals surface area contributed by atoms with Crippen molar-refractivity contribution < 1.29 is 10.2 Å². The van der Waals surface area contributed by atoms with Crippen molar-refractivity contribution in [3.63, 3.8) is 0 Å². The van der Waals surface area contributed by atoms with E-state index >= 15 is 0 Å². The first-order valence-corrected chi connectivity index (χ1v) is 5.04. The lowest BCUT2D eigenvalue weighted by Gasteiger charge is -2.23. The molecule has 0 amide bonds. The van der Waals surface area contributed by atoms with Crippen LogP contribution in [0.2, 0.25) is 0 Å². The minimum absolute atomic E-state index is 0.173. The maximum absolute atomic E-state index is 8.79. The summed E-state index contributed by atoms with van der Waals surface area (Å²) in [6.07, 6.45) is 2.46. The van der Waals surface area contributed by atoms with Gasteiger partial charge in [0, 0.05) is 25.7 Å². The third-order valence-electron chi connectivity index (χ3n) is 2.47. The number of hydrogen-bond donors (Lipinski definition) is 3. The maximum Gasteiger partial charge on any atom is 0.0558 e. The summed E-state index contributed by atoms with van der Waals surface area (Å²) >= 11 is 0. The lowest BCUT2D eigenvalue weighted by Crippen LogP contribution is -2.40. The summed E-state index contributed by atoms with van der Waals surface area (Å²) in [4.78, 5) is 2.10. The van der Waals surface area contributed by atoms with E-state index in [0.29, 0.717) is 19.1 Å². The Bertz CT molecular complexity index is 121. The van der Waals surface area contributed by atoms with E-state index in [-0.39, 0.29) is 13.2 Å². The average molecular weight is 188 g/mol. The number of aliphatic hydroxyl groups excluding tert-OH is 2. The predicted octanol–water partition coefficient (Wildman–Crippen LogP) is -0.975. The van der Waals surface area contributed by atoms with Crippen LogP contribution in [0.5, 0.6) is 0 Å². The Morgan fingerprint density at radius 3 is 2.38 bits per heavy atom. The van der Waals surface area contributed by atoms with Gasteiger partial charge in [0.05, 0.1) is 13.2 Å². The molecule has 0 aliphatic carbocycles. The molecule has 0 saturated carbocycles. The van der Waals surface area contributed by atoms with E-state index < -0.39 is 0 Å². The molecule has 4 heteroatoms. The summed E-state index contributed by atoms with van der Waals surface area (Å²) in [6.45, 7) is 3.73. The summed E-state index contributed by atoms with van der Waals surface area (Å²) in [5.74, 6) is 0. The van der Waals surface area contributed by atoms with Crippen LogP contribution < -0.4 is 5.32 Å². The van der Waals surface area contributed by atoms with Gasteiger partial charge in [0.25, 0.3) is 0 Å². The van der Waals surface area contributed by atoms with Gasteiger partial charge in [0.15, 0.2) is 0 Å². The zero-order valence-electron chi connectivity index (χ0n) is 8.08. The molecule has 1 atom stereocenters. The molecule has 4 nitrogen and oxygen atoms in total. The highest BCUT2D eigenvalue weighted by molar-refractivity contribution is 4.77. The van der Waals surface area contributed by atoms with E-state index in [1.165, 1.54) is 12.8 Å².